The molecule has 5 heteroatoms. The Hall–Kier alpha value is -1.73. The van der Waals surface area contributed by atoms with Crippen molar-refractivity contribution in [1.82, 2.24) is 0 Å². The monoisotopic (exact) mass is 292 g/mol. The van der Waals surface area contributed by atoms with Gasteiger partial charge in [-0.05, 0) is 37.5 Å². The molecule has 0 spiro atoms. The first-order valence-corrected chi connectivity index (χ1v) is 7.13. The number of halogens is 1. The molecule has 0 aromatic heterocycles. The van der Waals surface area contributed by atoms with Crippen LogP contribution in [-0.2, 0) is 4.79 Å². The van der Waals surface area contributed by atoms with Gasteiger partial charge in [-0.3, -0.25) is 0 Å². The van der Waals surface area contributed by atoms with Crippen LogP contribution < -0.4 is 4.90 Å². The number of benzene rings is 1. The van der Waals surface area contributed by atoms with E-state index in [2.05, 4.69) is 6.07 Å². The highest BCUT2D eigenvalue weighted by atomic mass is 35.5. The molecule has 1 heterocycles. The molecule has 0 radical (unpaired) electrons. The molecular weight excluding hydrogens is 276 g/mol. The largest absolute Gasteiger partial charge is 0.479 e. The van der Waals surface area contributed by atoms with Crippen LogP contribution in [0.25, 0.3) is 0 Å². The van der Waals surface area contributed by atoms with Gasteiger partial charge in [0.15, 0.2) is 0 Å². The van der Waals surface area contributed by atoms with Crippen molar-refractivity contribution in [2.24, 2.45) is 0 Å². The van der Waals surface area contributed by atoms with Crippen molar-refractivity contribution in [3.63, 3.8) is 0 Å². The number of nitrogens with zero attached hydrogens (tertiary/aromatic N) is 2. The molecule has 1 saturated heterocycles. The van der Waals surface area contributed by atoms with Crippen LogP contribution in [0.3, 0.4) is 0 Å². The number of carboxylic acid groups (broad SMARTS) is 1. The van der Waals surface area contributed by atoms with E-state index in [1.165, 1.54) is 0 Å². The van der Waals surface area contributed by atoms with Crippen LogP contribution in [0.15, 0.2) is 18.2 Å². The molecule has 0 bridgehead atoms. The second-order valence-electron chi connectivity index (χ2n) is 5.12. The summed E-state index contributed by atoms with van der Waals surface area (Å²) in [5.74, 6) is -0.819. The standard InChI is InChI=1S/C15H17ClN2O2/c1-2-6-15(14(19)20)7-3-8-18(15)13-9-12(16)5-4-11(13)10-17/h4-5,9H,2-3,6-8H2,1H3,(H,19,20). The molecule has 0 amide bonds. The van der Waals surface area contributed by atoms with Gasteiger partial charge in [-0.25, -0.2) is 4.79 Å². The maximum atomic E-state index is 11.8. The second kappa shape index (κ2) is 5.72. The Morgan fingerprint density at radius 3 is 2.95 bits per heavy atom. The first-order valence-electron chi connectivity index (χ1n) is 6.76. The van der Waals surface area contributed by atoms with Crippen LogP contribution in [0.5, 0.6) is 0 Å². The van der Waals surface area contributed by atoms with Crippen molar-refractivity contribution >= 4 is 23.3 Å². The molecule has 4 nitrogen and oxygen atoms in total. The summed E-state index contributed by atoms with van der Waals surface area (Å²) in [5.41, 5.74) is 0.191. The second-order valence-corrected chi connectivity index (χ2v) is 5.55. The topological polar surface area (TPSA) is 64.3 Å². The predicted octanol–water partition coefficient (Wildman–Crippen LogP) is 3.44. The van der Waals surface area contributed by atoms with Gasteiger partial charge in [-0.15, -0.1) is 0 Å². The Balaban J connectivity index is 2.53. The third-order valence-electron chi connectivity index (χ3n) is 3.92. The average molecular weight is 293 g/mol. The molecule has 1 atom stereocenters. The smallest absolute Gasteiger partial charge is 0.329 e. The summed E-state index contributed by atoms with van der Waals surface area (Å²) in [6, 6.07) is 7.12. The highest BCUT2D eigenvalue weighted by Gasteiger charge is 2.47. The van der Waals surface area contributed by atoms with E-state index in [-0.39, 0.29) is 0 Å². The number of aliphatic carboxylic acids is 1. The molecule has 1 fully saturated rings. The van der Waals surface area contributed by atoms with E-state index in [0.717, 1.165) is 12.8 Å². The molecule has 0 saturated carbocycles. The van der Waals surface area contributed by atoms with E-state index >= 15 is 0 Å². The quantitative estimate of drug-likeness (QED) is 0.923. The zero-order valence-corrected chi connectivity index (χ0v) is 12.2. The van der Waals surface area contributed by atoms with Crippen molar-refractivity contribution in [3.8, 4) is 6.07 Å². The molecule has 106 valence electrons. The van der Waals surface area contributed by atoms with E-state index in [1.54, 1.807) is 18.2 Å². The lowest BCUT2D eigenvalue weighted by Gasteiger charge is -2.37. The fourth-order valence-corrected chi connectivity index (χ4v) is 3.22. The van der Waals surface area contributed by atoms with E-state index < -0.39 is 11.5 Å². The number of carbonyl (C=O) groups is 1. The first kappa shape index (κ1) is 14.7. The van der Waals surface area contributed by atoms with Gasteiger partial charge >= 0.3 is 5.97 Å². The predicted molar refractivity (Wildman–Crippen MR) is 78.0 cm³/mol. The van der Waals surface area contributed by atoms with Crippen LogP contribution >= 0.6 is 11.6 Å². The van der Waals surface area contributed by atoms with E-state index in [9.17, 15) is 15.2 Å². The Labute approximate surface area is 123 Å². The Bertz CT molecular complexity index is 567. The van der Waals surface area contributed by atoms with Crippen LogP contribution in [0, 0.1) is 11.3 Å². The van der Waals surface area contributed by atoms with Crippen molar-refractivity contribution in [3.05, 3.63) is 28.8 Å². The van der Waals surface area contributed by atoms with Gasteiger partial charge < -0.3 is 10.0 Å². The van der Waals surface area contributed by atoms with Gasteiger partial charge in [0, 0.05) is 11.6 Å². The maximum absolute atomic E-state index is 11.8. The Morgan fingerprint density at radius 1 is 1.60 bits per heavy atom. The highest BCUT2D eigenvalue weighted by Crippen LogP contribution is 2.40. The summed E-state index contributed by atoms with van der Waals surface area (Å²) < 4.78 is 0. The summed E-state index contributed by atoms with van der Waals surface area (Å²) in [5, 5.41) is 19.5. The zero-order chi connectivity index (χ0) is 14.8. The van der Waals surface area contributed by atoms with Gasteiger partial charge in [0.1, 0.15) is 11.6 Å². The van der Waals surface area contributed by atoms with Crippen molar-refractivity contribution in [2.75, 3.05) is 11.4 Å². The van der Waals surface area contributed by atoms with Crippen LogP contribution in [-0.4, -0.2) is 23.2 Å². The molecule has 1 aromatic rings. The summed E-state index contributed by atoms with van der Waals surface area (Å²) >= 11 is 6.02. The zero-order valence-electron chi connectivity index (χ0n) is 11.4. The minimum Gasteiger partial charge on any atom is -0.479 e. The SMILES string of the molecule is CCCC1(C(=O)O)CCCN1c1cc(Cl)ccc1C#N. The fourth-order valence-electron chi connectivity index (χ4n) is 3.06. The molecule has 0 aliphatic carbocycles. The molecular formula is C15H17ClN2O2. The molecule has 20 heavy (non-hydrogen) atoms. The normalized spacial score (nSPS) is 21.8. The van der Waals surface area contributed by atoms with E-state index in [4.69, 9.17) is 11.6 Å². The molecule has 1 N–H and O–H groups in total. The molecule has 1 aliphatic rings. The molecule has 1 aromatic carbocycles. The van der Waals surface area contributed by atoms with Gasteiger partial charge in [-0.2, -0.15) is 5.26 Å². The van der Waals surface area contributed by atoms with Crippen molar-refractivity contribution < 1.29 is 9.90 Å². The summed E-state index contributed by atoms with van der Waals surface area (Å²) in [6.45, 7) is 2.62. The maximum Gasteiger partial charge on any atom is 0.329 e. The third kappa shape index (κ3) is 2.34. The lowest BCUT2D eigenvalue weighted by Crippen LogP contribution is -2.51. The van der Waals surface area contributed by atoms with Crippen molar-refractivity contribution in [2.45, 2.75) is 38.1 Å². The fraction of sp³-hybridized carbons (Fsp3) is 0.467. The number of hydrogen-bond donors (Lipinski definition) is 1. The lowest BCUT2D eigenvalue weighted by atomic mass is 9.90. The minimum atomic E-state index is -0.912. The summed E-state index contributed by atoms with van der Waals surface area (Å²) in [6.07, 6.45) is 2.77. The van der Waals surface area contributed by atoms with Gasteiger partial charge in [0.2, 0.25) is 0 Å². The van der Waals surface area contributed by atoms with Gasteiger partial charge in [0.25, 0.3) is 0 Å². The summed E-state index contributed by atoms with van der Waals surface area (Å²) in [4.78, 5) is 13.7. The van der Waals surface area contributed by atoms with E-state index in [0.29, 0.717) is 35.7 Å². The number of nitriles is 1. The Kier molecular flexibility index (Phi) is 4.20. The lowest BCUT2D eigenvalue weighted by molar-refractivity contribution is -0.143. The Morgan fingerprint density at radius 2 is 2.35 bits per heavy atom. The molecule has 2 rings (SSSR count). The number of hydrogen-bond acceptors (Lipinski definition) is 3. The van der Waals surface area contributed by atoms with E-state index in [1.807, 2.05) is 11.8 Å². The summed E-state index contributed by atoms with van der Waals surface area (Å²) in [7, 11) is 0. The highest BCUT2D eigenvalue weighted by molar-refractivity contribution is 6.30. The minimum absolute atomic E-state index is 0.470. The number of carboxylic acids is 1. The van der Waals surface area contributed by atoms with Crippen molar-refractivity contribution in [1.29, 1.82) is 5.26 Å². The number of rotatable bonds is 4. The van der Waals surface area contributed by atoms with Crippen LogP contribution in [0.4, 0.5) is 5.69 Å². The molecule has 1 aliphatic heterocycles. The first-order chi connectivity index (χ1) is 9.55. The number of anilines is 1. The van der Waals surface area contributed by atoms with Crippen LogP contribution in [0.1, 0.15) is 38.2 Å². The van der Waals surface area contributed by atoms with Gasteiger partial charge in [0.05, 0.1) is 11.3 Å². The average Bonchev–Trinajstić information content (AvgIpc) is 2.84. The third-order valence-corrected chi connectivity index (χ3v) is 4.16. The van der Waals surface area contributed by atoms with Gasteiger partial charge in [-0.1, -0.05) is 24.9 Å². The van der Waals surface area contributed by atoms with Crippen LogP contribution in [0.2, 0.25) is 5.02 Å². The molecule has 1 unspecified atom stereocenters.